The number of hydrogen-bond donors (Lipinski definition) is 1. The summed E-state index contributed by atoms with van der Waals surface area (Å²) in [7, 11) is 0. The summed E-state index contributed by atoms with van der Waals surface area (Å²) in [5.41, 5.74) is 2.32. The molecule has 0 saturated heterocycles. The quantitative estimate of drug-likeness (QED) is 0.557. The number of allylic oxidation sites excluding steroid dienone is 3. The van der Waals surface area contributed by atoms with Crippen LogP contribution >= 0.6 is 11.6 Å². The lowest BCUT2D eigenvalue weighted by atomic mass is 9.82. The second-order valence-electron chi connectivity index (χ2n) is 6.89. The average molecular weight is 393 g/mol. The zero-order valence-corrected chi connectivity index (χ0v) is 17.4. The van der Waals surface area contributed by atoms with Crippen molar-refractivity contribution in [1.29, 1.82) is 0 Å². The first-order chi connectivity index (χ1) is 12.5. The summed E-state index contributed by atoms with van der Waals surface area (Å²) in [5, 5.41) is 9.18. The van der Waals surface area contributed by atoms with Crippen LogP contribution in [0.15, 0.2) is 41.3 Å². The summed E-state index contributed by atoms with van der Waals surface area (Å²) in [6.45, 7) is 15.7. The molecule has 0 saturated carbocycles. The van der Waals surface area contributed by atoms with Gasteiger partial charge in [-0.25, -0.2) is 9.18 Å². The number of carboxylic acids is 1. The van der Waals surface area contributed by atoms with Gasteiger partial charge in [-0.2, -0.15) is 0 Å². The third-order valence-corrected chi connectivity index (χ3v) is 4.10. The van der Waals surface area contributed by atoms with Crippen molar-refractivity contribution >= 4 is 28.7 Å². The van der Waals surface area contributed by atoms with Crippen LogP contribution in [-0.4, -0.2) is 11.1 Å². The Hall–Kier alpha value is -2.33. The van der Waals surface area contributed by atoms with Crippen molar-refractivity contribution in [2.75, 3.05) is 0 Å². The third kappa shape index (κ3) is 5.57. The highest BCUT2D eigenvalue weighted by Crippen LogP contribution is 2.39. The molecular weight excluding hydrogens is 367 g/mol. The van der Waals surface area contributed by atoms with Crippen LogP contribution in [0.4, 0.5) is 4.39 Å². The Kier molecular flexibility index (Phi) is 7.61. The fraction of sp³-hybridized carbons (Fsp3) is 0.318. The number of aromatic carboxylic acids is 1. The Balaban J connectivity index is 0.00000176. The second kappa shape index (κ2) is 9.05. The lowest BCUT2D eigenvalue weighted by molar-refractivity contribution is 0.0661. The fourth-order valence-corrected chi connectivity index (χ4v) is 2.55. The Morgan fingerprint density at radius 3 is 2.30 bits per heavy atom. The van der Waals surface area contributed by atoms with E-state index in [1.807, 2.05) is 34.6 Å². The SMILES string of the molecule is C=C(/C=C(\c1oc(C(=O)O)cc1C)C(C)(C)C)c1ccc(Cl)c(F)c1.CC. The van der Waals surface area contributed by atoms with Crippen LogP contribution in [0.1, 0.15) is 62.1 Å². The van der Waals surface area contributed by atoms with Crippen LogP contribution in [-0.2, 0) is 0 Å². The summed E-state index contributed by atoms with van der Waals surface area (Å²) >= 11 is 5.72. The Bertz CT molecular complexity index is 870. The van der Waals surface area contributed by atoms with Gasteiger partial charge in [-0.15, -0.1) is 0 Å². The van der Waals surface area contributed by atoms with Gasteiger partial charge in [0.1, 0.15) is 11.6 Å². The highest BCUT2D eigenvalue weighted by Gasteiger charge is 2.25. The van der Waals surface area contributed by atoms with Crippen molar-refractivity contribution in [2.24, 2.45) is 5.41 Å². The Morgan fingerprint density at radius 1 is 1.26 bits per heavy atom. The van der Waals surface area contributed by atoms with Crippen molar-refractivity contribution in [2.45, 2.75) is 41.5 Å². The number of aryl methyl sites for hydroxylation is 1. The number of furan rings is 1. The van der Waals surface area contributed by atoms with E-state index in [1.165, 1.54) is 18.2 Å². The molecule has 0 aliphatic carbocycles. The largest absolute Gasteiger partial charge is 0.475 e. The molecule has 0 fully saturated rings. The minimum absolute atomic E-state index is 0.0459. The zero-order valence-electron chi connectivity index (χ0n) is 16.6. The van der Waals surface area contributed by atoms with Gasteiger partial charge in [0, 0.05) is 5.57 Å². The maximum Gasteiger partial charge on any atom is 0.371 e. The van der Waals surface area contributed by atoms with E-state index < -0.39 is 11.8 Å². The number of carbonyl (C=O) groups is 1. The van der Waals surface area contributed by atoms with Gasteiger partial charge in [-0.3, -0.25) is 0 Å². The molecule has 0 spiro atoms. The fourth-order valence-electron chi connectivity index (χ4n) is 2.43. The summed E-state index contributed by atoms with van der Waals surface area (Å²) in [4.78, 5) is 11.2. The first kappa shape index (κ1) is 22.7. The number of benzene rings is 1. The lowest BCUT2D eigenvalue weighted by Crippen LogP contribution is -2.09. The molecule has 2 rings (SSSR count). The molecule has 1 aromatic carbocycles. The van der Waals surface area contributed by atoms with E-state index in [4.69, 9.17) is 21.1 Å². The van der Waals surface area contributed by atoms with Gasteiger partial charge in [-0.1, -0.05) is 58.9 Å². The molecule has 0 amide bonds. The molecule has 0 radical (unpaired) electrons. The Labute approximate surface area is 165 Å². The highest BCUT2D eigenvalue weighted by atomic mass is 35.5. The standard InChI is InChI=1S/C20H20ClFO3.C2H6/c1-11(13-6-7-15(21)16(22)10-13)8-14(20(3,4)5)18-12(2)9-17(25-18)19(23)24;1-2/h6-10H,1H2,2-5H3,(H,23,24);1-2H3/b14-8+;. The third-order valence-electron chi connectivity index (χ3n) is 3.79. The van der Waals surface area contributed by atoms with Gasteiger partial charge in [0.05, 0.1) is 5.02 Å². The highest BCUT2D eigenvalue weighted by molar-refractivity contribution is 6.30. The molecule has 0 bridgehead atoms. The molecule has 2 aromatic rings. The maximum absolute atomic E-state index is 13.7. The number of hydrogen-bond acceptors (Lipinski definition) is 2. The van der Waals surface area contributed by atoms with Gasteiger partial charge in [0.2, 0.25) is 5.76 Å². The van der Waals surface area contributed by atoms with Gasteiger partial charge in [-0.05, 0) is 53.3 Å². The van der Waals surface area contributed by atoms with Gasteiger partial charge in [0.15, 0.2) is 0 Å². The molecule has 0 atom stereocenters. The van der Waals surface area contributed by atoms with Crippen LogP contribution in [0.3, 0.4) is 0 Å². The van der Waals surface area contributed by atoms with E-state index >= 15 is 0 Å². The molecule has 146 valence electrons. The first-order valence-electron chi connectivity index (χ1n) is 8.71. The predicted octanol–water partition coefficient (Wildman–Crippen LogP) is 7.25. The molecule has 1 N–H and O–H groups in total. The Morgan fingerprint density at radius 2 is 1.85 bits per heavy atom. The van der Waals surface area contributed by atoms with E-state index in [0.717, 1.165) is 5.57 Å². The van der Waals surface area contributed by atoms with Gasteiger partial charge >= 0.3 is 5.97 Å². The predicted molar refractivity (Wildman–Crippen MR) is 110 cm³/mol. The molecule has 0 unspecified atom stereocenters. The minimum atomic E-state index is -1.12. The van der Waals surface area contributed by atoms with Crippen LogP contribution < -0.4 is 0 Å². The summed E-state index contributed by atoms with van der Waals surface area (Å²) < 4.78 is 19.3. The molecule has 0 aliphatic heterocycles. The minimum Gasteiger partial charge on any atom is -0.475 e. The zero-order chi connectivity index (χ0) is 20.9. The van der Waals surface area contributed by atoms with Crippen molar-refractivity contribution in [1.82, 2.24) is 0 Å². The summed E-state index contributed by atoms with van der Waals surface area (Å²) in [6.07, 6.45) is 1.79. The monoisotopic (exact) mass is 392 g/mol. The van der Waals surface area contributed by atoms with E-state index in [1.54, 1.807) is 19.1 Å². The second-order valence-corrected chi connectivity index (χ2v) is 7.30. The number of halogens is 2. The molecule has 27 heavy (non-hydrogen) atoms. The van der Waals surface area contributed by atoms with Crippen LogP contribution in [0, 0.1) is 18.2 Å². The summed E-state index contributed by atoms with van der Waals surface area (Å²) in [5.74, 6) is -1.28. The molecule has 5 heteroatoms. The van der Waals surface area contributed by atoms with E-state index in [-0.39, 0.29) is 16.2 Å². The molecule has 3 nitrogen and oxygen atoms in total. The average Bonchev–Trinajstić information content (AvgIpc) is 2.97. The maximum atomic E-state index is 13.7. The lowest BCUT2D eigenvalue weighted by Gasteiger charge is -2.23. The van der Waals surface area contributed by atoms with E-state index in [0.29, 0.717) is 22.5 Å². The number of rotatable bonds is 4. The normalized spacial score (nSPS) is 11.6. The summed E-state index contributed by atoms with van der Waals surface area (Å²) in [6, 6.07) is 5.96. The number of carboxylic acid groups (broad SMARTS) is 1. The van der Waals surface area contributed by atoms with E-state index in [9.17, 15) is 9.18 Å². The van der Waals surface area contributed by atoms with E-state index in [2.05, 4.69) is 6.58 Å². The molecule has 1 heterocycles. The van der Waals surface area contributed by atoms with Crippen molar-refractivity contribution in [3.05, 3.63) is 70.4 Å². The first-order valence-corrected chi connectivity index (χ1v) is 9.09. The molecular formula is C22H26ClFO3. The van der Waals surface area contributed by atoms with Crippen molar-refractivity contribution in [3.8, 4) is 0 Å². The topological polar surface area (TPSA) is 50.4 Å². The molecule has 0 aliphatic rings. The van der Waals surface area contributed by atoms with Crippen LogP contribution in [0.25, 0.3) is 11.1 Å². The molecule has 1 aromatic heterocycles. The van der Waals surface area contributed by atoms with Crippen LogP contribution in [0.5, 0.6) is 0 Å². The smallest absolute Gasteiger partial charge is 0.371 e. The van der Waals surface area contributed by atoms with Gasteiger partial charge in [0.25, 0.3) is 0 Å². The van der Waals surface area contributed by atoms with Crippen molar-refractivity contribution in [3.63, 3.8) is 0 Å². The van der Waals surface area contributed by atoms with Gasteiger partial charge < -0.3 is 9.52 Å². The van der Waals surface area contributed by atoms with Crippen LogP contribution in [0.2, 0.25) is 5.02 Å². The van der Waals surface area contributed by atoms with Crippen molar-refractivity contribution < 1.29 is 18.7 Å².